The van der Waals surface area contributed by atoms with Gasteiger partial charge in [0.1, 0.15) is 36.3 Å². The summed E-state index contributed by atoms with van der Waals surface area (Å²) in [6.07, 6.45) is 0.235. The summed E-state index contributed by atoms with van der Waals surface area (Å²) >= 11 is 0. The zero-order valence-corrected chi connectivity index (χ0v) is 28.6. The Morgan fingerprint density at radius 1 is 0.741 bits per heavy atom. The Labute approximate surface area is 305 Å². The molecule has 19 N–H and O–H groups in total. The first-order valence-corrected chi connectivity index (χ1v) is 15.9. The molecule has 26 heteroatoms. The van der Waals surface area contributed by atoms with E-state index in [1.807, 2.05) is 10.6 Å². The second-order valence-electron chi connectivity index (χ2n) is 11.4. The molecule has 0 saturated heterocycles. The van der Waals surface area contributed by atoms with E-state index in [4.69, 9.17) is 27.7 Å². The van der Waals surface area contributed by atoms with Gasteiger partial charge in [-0.1, -0.05) is 0 Å². The topological polar surface area (TPSA) is 449 Å². The number of rotatable bonds is 25. The number of aliphatic carboxylic acids is 2. The maximum absolute atomic E-state index is 13.2. The largest absolute Gasteiger partial charge is 0.481 e. The van der Waals surface area contributed by atoms with Gasteiger partial charge in [-0.3, -0.25) is 43.8 Å². The van der Waals surface area contributed by atoms with Crippen LogP contribution < -0.4 is 54.4 Å². The summed E-state index contributed by atoms with van der Waals surface area (Å²) in [5.74, 6) is -11.4. The van der Waals surface area contributed by atoms with E-state index in [-0.39, 0.29) is 31.5 Å². The molecule has 0 aliphatic carbocycles. The Hall–Kier alpha value is -6.41. The SMILES string of the molecule is N=C(N)NCCC[C@H](NC(=O)CNC(=O)[C@@H](N)CO)C(=O)N[C@@H](CO)C(=O)N[C@@H](CC(=O)O)C(=O)N[C@@H](CC(N)=O)C(=O)N[C@@H](Cc1c[nH]cn1)C(=O)O. The average Bonchev–Trinajstić information content (AvgIpc) is 3.61. The van der Waals surface area contributed by atoms with E-state index in [1.54, 1.807) is 0 Å². The molecule has 300 valence electrons. The standard InChI is InChI=1S/C28H45N13O13/c29-13(9-42)22(48)35-8-20(45)37-14(2-1-3-34-28(31)32)23(49)41-18(10-43)26(52)39-16(6-21(46)47)25(51)38-15(5-19(30)44)24(50)40-17(27(53)54)4-12-7-33-11-36-12/h7,11,13-18,42-43H,1-6,8-10,29H2,(H2,30,44)(H,33,36)(H,35,48)(H,37,45)(H,38,51)(H,39,52)(H,40,50)(H,41,49)(H,46,47)(H,53,54)(H4,31,32,34)/t13-,14-,15-,16-,17-,18-/m0/s1. The number of guanidine groups is 1. The summed E-state index contributed by atoms with van der Waals surface area (Å²) < 4.78 is 0. The van der Waals surface area contributed by atoms with E-state index in [2.05, 4.69) is 36.6 Å². The molecule has 26 nitrogen and oxygen atoms in total. The van der Waals surface area contributed by atoms with Gasteiger partial charge < -0.3 is 79.8 Å². The lowest BCUT2D eigenvalue weighted by Crippen LogP contribution is -2.60. The highest BCUT2D eigenvalue weighted by molar-refractivity contribution is 5.98. The van der Waals surface area contributed by atoms with Crippen LogP contribution in [0.15, 0.2) is 12.5 Å². The van der Waals surface area contributed by atoms with Crippen LogP contribution >= 0.6 is 0 Å². The molecule has 0 fully saturated rings. The quantitative estimate of drug-likeness (QED) is 0.0249. The van der Waals surface area contributed by atoms with Crippen molar-refractivity contribution in [3.8, 4) is 0 Å². The van der Waals surface area contributed by atoms with Crippen LogP contribution in [0.25, 0.3) is 0 Å². The highest BCUT2D eigenvalue weighted by Crippen LogP contribution is 2.04. The highest BCUT2D eigenvalue weighted by Gasteiger charge is 2.34. The van der Waals surface area contributed by atoms with Gasteiger partial charge in [0.25, 0.3) is 0 Å². The number of imidazole rings is 1. The Morgan fingerprint density at radius 2 is 1.30 bits per heavy atom. The second-order valence-corrected chi connectivity index (χ2v) is 11.4. The monoisotopic (exact) mass is 771 g/mol. The van der Waals surface area contributed by atoms with Crippen LogP contribution in [-0.2, 0) is 49.6 Å². The Morgan fingerprint density at radius 3 is 1.80 bits per heavy atom. The van der Waals surface area contributed by atoms with Gasteiger partial charge in [0.05, 0.1) is 44.6 Å². The van der Waals surface area contributed by atoms with E-state index < -0.39 is 128 Å². The number of carboxylic acid groups (broad SMARTS) is 2. The van der Waals surface area contributed by atoms with Crippen molar-refractivity contribution >= 4 is 59.2 Å². The van der Waals surface area contributed by atoms with Crippen molar-refractivity contribution < 1.29 is 63.6 Å². The lowest BCUT2D eigenvalue weighted by atomic mass is 10.1. The van der Waals surface area contributed by atoms with Crippen molar-refractivity contribution in [2.24, 2.45) is 17.2 Å². The molecule has 1 heterocycles. The number of aliphatic hydroxyl groups excluding tert-OH is 2. The van der Waals surface area contributed by atoms with Gasteiger partial charge in [0.2, 0.25) is 41.4 Å². The highest BCUT2D eigenvalue weighted by atomic mass is 16.4. The van der Waals surface area contributed by atoms with Crippen LogP contribution in [0.3, 0.4) is 0 Å². The van der Waals surface area contributed by atoms with Crippen molar-refractivity contribution in [2.75, 3.05) is 26.3 Å². The van der Waals surface area contributed by atoms with E-state index in [9.17, 15) is 58.5 Å². The van der Waals surface area contributed by atoms with Gasteiger partial charge in [-0.05, 0) is 12.8 Å². The number of carbonyl (C=O) groups excluding carboxylic acids is 7. The number of carboxylic acids is 2. The third kappa shape index (κ3) is 17.2. The van der Waals surface area contributed by atoms with Gasteiger partial charge in [0, 0.05) is 19.2 Å². The van der Waals surface area contributed by atoms with Crippen molar-refractivity contribution in [1.82, 2.24) is 47.2 Å². The fourth-order valence-electron chi connectivity index (χ4n) is 4.31. The number of H-pyrrole nitrogens is 1. The summed E-state index contributed by atoms with van der Waals surface area (Å²) in [7, 11) is 0. The molecule has 0 radical (unpaired) electrons. The predicted octanol–water partition coefficient (Wildman–Crippen LogP) is -8.50. The molecule has 7 amide bonds. The van der Waals surface area contributed by atoms with Gasteiger partial charge in [-0.2, -0.15) is 0 Å². The minimum atomic E-state index is -2.01. The minimum Gasteiger partial charge on any atom is -0.481 e. The van der Waals surface area contributed by atoms with Crippen LogP contribution in [0.2, 0.25) is 0 Å². The molecule has 0 spiro atoms. The van der Waals surface area contributed by atoms with E-state index in [1.165, 1.54) is 12.5 Å². The molecule has 1 aromatic rings. The number of primary amides is 1. The Balaban J connectivity index is 3.12. The minimum absolute atomic E-state index is 0.0584. The number of aromatic amines is 1. The summed E-state index contributed by atoms with van der Waals surface area (Å²) in [5, 5.41) is 60.3. The van der Waals surface area contributed by atoms with Crippen LogP contribution in [0.4, 0.5) is 0 Å². The average molecular weight is 772 g/mol. The maximum atomic E-state index is 13.2. The third-order valence-electron chi connectivity index (χ3n) is 7.04. The van der Waals surface area contributed by atoms with E-state index in [0.29, 0.717) is 0 Å². The van der Waals surface area contributed by atoms with Gasteiger partial charge in [-0.15, -0.1) is 0 Å². The molecule has 0 aliphatic heterocycles. The summed E-state index contributed by atoms with van der Waals surface area (Å²) in [4.78, 5) is 118. The van der Waals surface area contributed by atoms with Crippen molar-refractivity contribution in [3.05, 3.63) is 18.2 Å². The number of amides is 7. The fraction of sp³-hybridized carbons (Fsp3) is 0.536. The summed E-state index contributed by atoms with van der Waals surface area (Å²) in [6.45, 7) is -2.47. The Bertz CT molecular complexity index is 1510. The normalized spacial score (nSPS) is 14.0. The fourth-order valence-corrected chi connectivity index (χ4v) is 4.31. The van der Waals surface area contributed by atoms with Crippen LogP contribution in [0.1, 0.15) is 31.4 Å². The number of aromatic nitrogens is 2. The first-order chi connectivity index (χ1) is 25.4. The van der Waals surface area contributed by atoms with Gasteiger partial charge in [-0.25, -0.2) is 9.78 Å². The summed E-state index contributed by atoms with van der Waals surface area (Å²) in [6, 6.07) is -10.1. The van der Waals surface area contributed by atoms with Gasteiger partial charge in [0.15, 0.2) is 5.96 Å². The molecular weight excluding hydrogens is 726 g/mol. The van der Waals surface area contributed by atoms with Crippen LogP contribution in [0, 0.1) is 5.41 Å². The number of nitrogens with zero attached hydrogens (tertiary/aromatic N) is 1. The molecular formula is C28H45N13O13. The molecule has 0 saturated carbocycles. The molecule has 0 aromatic carbocycles. The smallest absolute Gasteiger partial charge is 0.326 e. The predicted molar refractivity (Wildman–Crippen MR) is 180 cm³/mol. The molecule has 1 aromatic heterocycles. The van der Waals surface area contributed by atoms with Crippen molar-refractivity contribution in [3.63, 3.8) is 0 Å². The zero-order chi connectivity index (χ0) is 41.0. The maximum Gasteiger partial charge on any atom is 0.326 e. The second kappa shape index (κ2) is 23.2. The molecule has 54 heavy (non-hydrogen) atoms. The van der Waals surface area contributed by atoms with E-state index >= 15 is 0 Å². The first kappa shape index (κ1) is 45.6. The Kier molecular flexibility index (Phi) is 19.6. The number of nitrogens with one attached hydrogen (secondary N) is 9. The van der Waals surface area contributed by atoms with Crippen molar-refractivity contribution in [2.45, 2.75) is 68.4 Å². The van der Waals surface area contributed by atoms with Crippen molar-refractivity contribution in [1.29, 1.82) is 5.41 Å². The molecule has 0 bridgehead atoms. The molecule has 0 aliphatic rings. The van der Waals surface area contributed by atoms with Crippen LogP contribution in [-0.4, -0.2) is 152 Å². The number of hydrogen-bond acceptors (Lipinski definition) is 14. The van der Waals surface area contributed by atoms with Crippen LogP contribution in [0.5, 0.6) is 0 Å². The molecule has 6 atom stereocenters. The molecule has 1 rings (SSSR count). The zero-order valence-electron chi connectivity index (χ0n) is 28.6. The number of carbonyl (C=O) groups is 9. The summed E-state index contributed by atoms with van der Waals surface area (Å²) in [5.41, 5.74) is 16.0. The number of hydrogen-bond donors (Lipinski definition) is 16. The lowest BCUT2D eigenvalue weighted by Gasteiger charge is -2.25. The van der Waals surface area contributed by atoms with E-state index in [0.717, 1.165) is 0 Å². The van der Waals surface area contributed by atoms with Gasteiger partial charge >= 0.3 is 11.9 Å². The third-order valence-corrected chi connectivity index (χ3v) is 7.04. The number of aliphatic hydroxyl groups is 2. The number of nitrogens with two attached hydrogens (primary N) is 3. The molecule has 0 unspecified atom stereocenters. The lowest BCUT2D eigenvalue weighted by molar-refractivity contribution is -0.143. The first-order valence-electron chi connectivity index (χ1n) is 15.9.